The van der Waals surface area contributed by atoms with E-state index in [-0.39, 0.29) is 22.6 Å². The summed E-state index contributed by atoms with van der Waals surface area (Å²) >= 11 is 0. The third-order valence-corrected chi connectivity index (χ3v) is 13.0. The molecular weight excluding hydrogens is 565 g/mol. The lowest BCUT2D eigenvalue weighted by molar-refractivity contribution is -0.134. The number of carbonyl (C=O) groups is 1. The quantitative estimate of drug-likeness (QED) is 0.271. The van der Waals surface area contributed by atoms with Gasteiger partial charge in [0.25, 0.3) is 11.5 Å². The van der Waals surface area contributed by atoms with Gasteiger partial charge in [-0.15, -0.1) is 0 Å². The molecule has 8 atom stereocenters. The van der Waals surface area contributed by atoms with Crippen LogP contribution in [0.25, 0.3) is 10.8 Å². The van der Waals surface area contributed by atoms with Gasteiger partial charge in [0.1, 0.15) is 5.82 Å². The van der Waals surface area contributed by atoms with Crippen molar-refractivity contribution in [3.63, 3.8) is 0 Å². The Balaban J connectivity index is 0.953. The van der Waals surface area contributed by atoms with Crippen LogP contribution in [0.1, 0.15) is 100 Å². The Hall–Kier alpha value is -3.06. The van der Waals surface area contributed by atoms with E-state index < -0.39 is 11.7 Å². The topological polar surface area (TPSA) is 84.1 Å². The van der Waals surface area contributed by atoms with E-state index in [0.29, 0.717) is 36.1 Å². The Labute approximate surface area is 265 Å². The molecule has 0 radical (unpaired) electrons. The van der Waals surface area contributed by atoms with E-state index in [1.165, 1.54) is 57.4 Å². The Kier molecular flexibility index (Phi) is 8.12. The number of hydrogen-bond acceptors (Lipinski definition) is 4. The number of benzene rings is 2. The fourth-order valence-electron chi connectivity index (χ4n) is 10.5. The number of fused-ring (bicyclic) bond motifs is 6. The van der Waals surface area contributed by atoms with Crippen LogP contribution in [-0.2, 0) is 11.2 Å². The molecule has 0 bridgehead atoms. The number of nitrogens with one attached hydrogen (secondary N) is 2. The van der Waals surface area contributed by atoms with E-state index in [9.17, 15) is 14.0 Å². The van der Waals surface area contributed by atoms with Gasteiger partial charge in [0.2, 0.25) is 0 Å². The third kappa shape index (κ3) is 5.43. The maximum Gasteiger partial charge on any atom is 0.272 e. The summed E-state index contributed by atoms with van der Waals surface area (Å²) in [5.41, 5.74) is 1.90. The largest absolute Gasteiger partial charge is 0.376 e. The van der Waals surface area contributed by atoms with Gasteiger partial charge in [-0.3, -0.25) is 9.59 Å². The molecular formula is C38H48FN3O3. The van der Waals surface area contributed by atoms with E-state index in [4.69, 9.17) is 4.74 Å². The van der Waals surface area contributed by atoms with Crippen molar-refractivity contribution < 1.29 is 13.9 Å². The number of H-pyrrole nitrogens is 1. The van der Waals surface area contributed by atoms with Gasteiger partial charge in [0, 0.05) is 18.4 Å². The predicted molar refractivity (Wildman–Crippen MR) is 175 cm³/mol. The number of nitrogens with zero attached hydrogens (tertiary/aromatic N) is 1. The minimum atomic E-state index is -0.560. The molecule has 1 amide bonds. The average molecular weight is 614 g/mol. The molecule has 0 saturated heterocycles. The fourth-order valence-corrected chi connectivity index (χ4v) is 10.5. The summed E-state index contributed by atoms with van der Waals surface area (Å²) in [7, 11) is 0. The highest BCUT2D eigenvalue weighted by Gasteiger charge is 2.60. The monoisotopic (exact) mass is 613 g/mol. The molecule has 4 aliphatic rings. The number of carbonyl (C=O) groups excluding carboxylic acids is 1. The highest BCUT2D eigenvalue weighted by atomic mass is 19.1. The Bertz CT molecular complexity index is 1640. The van der Waals surface area contributed by atoms with Crippen molar-refractivity contribution in [2.24, 2.45) is 40.4 Å². The van der Waals surface area contributed by atoms with Crippen LogP contribution in [0.15, 0.2) is 47.3 Å². The summed E-state index contributed by atoms with van der Waals surface area (Å²) < 4.78 is 21.3. The molecule has 3 aromatic rings. The van der Waals surface area contributed by atoms with Crippen LogP contribution in [-0.4, -0.2) is 35.4 Å². The molecule has 0 aliphatic heterocycles. The van der Waals surface area contributed by atoms with E-state index in [1.54, 1.807) is 18.2 Å². The minimum Gasteiger partial charge on any atom is -0.376 e. The summed E-state index contributed by atoms with van der Waals surface area (Å²) in [4.78, 5) is 25.2. The van der Waals surface area contributed by atoms with Gasteiger partial charge in [0.15, 0.2) is 0 Å². The molecule has 45 heavy (non-hydrogen) atoms. The zero-order valence-electron chi connectivity index (χ0n) is 27.0. The Morgan fingerprint density at radius 3 is 2.62 bits per heavy atom. The lowest BCUT2D eigenvalue weighted by Gasteiger charge is -2.61. The van der Waals surface area contributed by atoms with Crippen molar-refractivity contribution in [3.8, 4) is 0 Å². The molecule has 4 saturated carbocycles. The van der Waals surface area contributed by atoms with Crippen molar-refractivity contribution in [2.75, 3.05) is 13.2 Å². The minimum absolute atomic E-state index is 0.00801. The Morgan fingerprint density at radius 2 is 1.78 bits per heavy atom. The van der Waals surface area contributed by atoms with Gasteiger partial charge in [-0.1, -0.05) is 51.5 Å². The number of aromatic nitrogens is 2. The fraction of sp³-hybridized carbons (Fsp3) is 0.605. The molecule has 4 aliphatic carbocycles. The van der Waals surface area contributed by atoms with Gasteiger partial charge >= 0.3 is 0 Å². The second-order valence-electron chi connectivity index (χ2n) is 15.3. The molecule has 2 aromatic carbocycles. The zero-order chi connectivity index (χ0) is 31.3. The predicted octanol–water partition coefficient (Wildman–Crippen LogP) is 7.45. The number of aromatic amines is 1. The number of ether oxygens (including phenoxy) is 1. The van der Waals surface area contributed by atoms with Crippen LogP contribution in [0.2, 0.25) is 0 Å². The van der Waals surface area contributed by atoms with Gasteiger partial charge in [-0.25, -0.2) is 9.49 Å². The van der Waals surface area contributed by atoms with Gasteiger partial charge in [-0.2, -0.15) is 5.10 Å². The molecule has 4 fully saturated rings. The smallest absolute Gasteiger partial charge is 0.272 e. The lowest BCUT2D eigenvalue weighted by atomic mass is 9.44. The summed E-state index contributed by atoms with van der Waals surface area (Å²) in [6, 6.07) is 11.8. The first-order valence-electron chi connectivity index (χ1n) is 17.3. The molecule has 0 spiro atoms. The molecule has 240 valence electrons. The van der Waals surface area contributed by atoms with Crippen LogP contribution in [0, 0.1) is 46.2 Å². The second-order valence-corrected chi connectivity index (χ2v) is 15.3. The molecule has 7 rings (SSSR count). The van der Waals surface area contributed by atoms with Crippen LogP contribution < -0.4 is 10.9 Å². The molecule has 6 nitrogen and oxygen atoms in total. The summed E-state index contributed by atoms with van der Waals surface area (Å²) in [6.45, 7) is 8.34. The van der Waals surface area contributed by atoms with Crippen molar-refractivity contribution in [1.29, 1.82) is 0 Å². The standard InChI is InChI=1S/C38H48FN3O3/c1-23-14-16-37(2)25(20-23)9-10-28-30-11-13-34(38(30,3)17-15-31(28)37)45-19-18-40-35(43)29-21-24(8-12-32(29)39)22-33-26-6-4-5-7-27(26)36(44)42-41-33/h4-8,12,21,23,25,28,30-31,34H,9-11,13-20,22H2,1-3H3,(H,40,43)(H,42,44)/t23-,25-,28-,30-,31-,34-,37-,38-/m0/s1. The van der Waals surface area contributed by atoms with Gasteiger partial charge in [0.05, 0.1) is 29.4 Å². The van der Waals surface area contributed by atoms with E-state index in [0.717, 1.165) is 47.0 Å². The van der Waals surface area contributed by atoms with Crippen LogP contribution in [0.3, 0.4) is 0 Å². The third-order valence-electron chi connectivity index (χ3n) is 13.0. The average Bonchev–Trinajstić information content (AvgIpc) is 3.38. The number of rotatable bonds is 7. The number of amides is 1. The normalized spacial score (nSPS) is 34.1. The van der Waals surface area contributed by atoms with Crippen molar-refractivity contribution in [1.82, 2.24) is 15.5 Å². The maximum absolute atomic E-state index is 14.8. The van der Waals surface area contributed by atoms with Crippen molar-refractivity contribution >= 4 is 16.7 Å². The summed E-state index contributed by atoms with van der Waals surface area (Å²) in [5, 5.41) is 11.0. The van der Waals surface area contributed by atoms with Gasteiger partial charge < -0.3 is 10.1 Å². The van der Waals surface area contributed by atoms with Crippen LogP contribution >= 0.6 is 0 Å². The molecule has 1 heterocycles. The van der Waals surface area contributed by atoms with Crippen molar-refractivity contribution in [2.45, 2.75) is 91.1 Å². The molecule has 0 unspecified atom stereocenters. The summed E-state index contributed by atoms with van der Waals surface area (Å²) in [6.07, 6.45) is 12.5. The maximum atomic E-state index is 14.8. The van der Waals surface area contributed by atoms with Crippen LogP contribution in [0.4, 0.5) is 4.39 Å². The first-order chi connectivity index (χ1) is 21.7. The van der Waals surface area contributed by atoms with Crippen molar-refractivity contribution in [3.05, 3.63) is 75.5 Å². The highest BCUT2D eigenvalue weighted by molar-refractivity contribution is 5.94. The molecule has 1 aromatic heterocycles. The highest BCUT2D eigenvalue weighted by Crippen LogP contribution is 2.66. The molecule has 7 heteroatoms. The van der Waals surface area contributed by atoms with E-state index in [2.05, 4.69) is 36.3 Å². The first-order valence-corrected chi connectivity index (χ1v) is 17.3. The van der Waals surface area contributed by atoms with E-state index >= 15 is 0 Å². The number of hydrogen-bond donors (Lipinski definition) is 2. The molecule has 2 N–H and O–H groups in total. The van der Waals surface area contributed by atoms with Gasteiger partial charge in [-0.05, 0) is 116 Å². The van der Waals surface area contributed by atoms with Crippen LogP contribution in [0.5, 0.6) is 0 Å². The number of halogens is 1. The van der Waals surface area contributed by atoms with E-state index in [1.807, 2.05) is 18.2 Å². The Morgan fingerprint density at radius 1 is 1.00 bits per heavy atom. The summed E-state index contributed by atoms with van der Waals surface area (Å²) in [5.74, 6) is 3.22. The zero-order valence-corrected chi connectivity index (χ0v) is 27.0. The SMILES string of the molecule is C[C@H]1CC[C@@]2(C)[C@@H](CC[C@@H]3[C@@H]2CC[C@]2(C)[C@@H](OCCNC(=O)c4cc(Cc5n[nH]c(=O)c6ccccc56)ccc4F)CC[C@@H]32)C1. The second kappa shape index (κ2) is 11.9. The first kappa shape index (κ1) is 30.6. The lowest BCUT2D eigenvalue weighted by Crippen LogP contribution is -2.54.